The topological polar surface area (TPSA) is 89.4 Å². The van der Waals surface area contributed by atoms with Crippen LogP contribution in [0.4, 0.5) is 0 Å². The first kappa shape index (κ1) is 13.0. The average molecular weight is 227 g/mol. The fourth-order valence-electron chi connectivity index (χ4n) is 2.23. The first-order chi connectivity index (χ1) is 7.57. The van der Waals surface area contributed by atoms with E-state index < -0.39 is 11.9 Å². The standard InChI is InChI=1S/C11H21N3O2/c1-8-5-6-10(15)14(8)9(11(13)16)4-2-3-7-12/h8-9H,2-7,12H2,1H3,(H2,13,16)/t8?,9-/m0/s1. The van der Waals surface area contributed by atoms with Gasteiger partial charge in [0.1, 0.15) is 6.04 Å². The average Bonchev–Trinajstić information content (AvgIpc) is 2.54. The number of rotatable bonds is 6. The van der Waals surface area contributed by atoms with Gasteiger partial charge in [0, 0.05) is 12.5 Å². The molecular formula is C11H21N3O2. The number of nitrogens with two attached hydrogens (primary N) is 2. The maximum atomic E-state index is 11.7. The van der Waals surface area contributed by atoms with E-state index in [4.69, 9.17) is 11.5 Å². The summed E-state index contributed by atoms with van der Waals surface area (Å²) in [5.41, 5.74) is 10.8. The van der Waals surface area contributed by atoms with Crippen LogP contribution in [0.2, 0.25) is 0 Å². The predicted octanol–water partition coefficient (Wildman–Crippen LogP) is -0.0198. The van der Waals surface area contributed by atoms with Crippen molar-refractivity contribution in [1.82, 2.24) is 4.90 Å². The molecule has 0 aliphatic carbocycles. The minimum Gasteiger partial charge on any atom is -0.368 e. The molecule has 0 spiro atoms. The normalized spacial score (nSPS) is 22.5. The van der Waals surface area contributed by atoms with Gasteiger partial charge < -0.3 is 16.4 Å². The molecule has 1 aliphatic heterocycles. The molecule has 2 atom stereocenters. The Bertz CT molecular complexity index is 268. The van der Waals surface area contributed by atoms with Crippen molar-refractivity contribution in [2.24, 2.45) is 11.5 Å². The van der Waals surface area contributed by atoms with E-state index in [9.17, 15) is 9.59 Å². The summed E-state index contributed by atoms with van der Waals surface area (Å²) in [4.78, 5) is 24.7. The molecular weight excluding hydrogens is 206 g/mol. The molecule has 0 bridgehead atoms. The van der Waals surface area contributed by atoms with Crippen molar-refractivity contribution in [2.45, 2.75) is 51.1 Å². The van der Waals surface area contributed by atoms with E-state index in [-0.39, 0.29) is 11.9 Å². The molecule has 2 amide bonds. The Morgan fingerprint density at radius 3 is 2.69 bits per heavy atom. The monoisotopic (exact) mass is 227 g/mol. The maximum absolute atomic E-state index is 11.7. The summed E-state index contributed by atoms with van der Waals surface area (Å²) in [6, 6.07) is -0.320. The summed E-state index contributed by atoms with van der Waals surface area (Å²) in [5, 5.41) is 0. The van der Waals surface area contributed by atoms with Gasteiger partial charge in [-0.1, -0.05) is 0 Å². The molecule has 4 N–H and O–H groups in total. The van der Waals surface area contributed by atoms with Gasteiger partial charge in [0.05, 0.1) is 0 Å². The van der Waals surface area contributed by atoms with E-state index in [1.807, 2.05) is 6.92 Å². The molecule has 92 valence electrons. The molecule has 5 heteroatoms. The zero-order valence-electron chi connectivity index (χ0n) is 9.82. The predicted molar refractivity (Wildman–Crippen MR) is 61.4 cm³/mol. The van der Waals surface area contributed by atoms with E-state index in [2.05, 4.69) is 0 Å². The Morgan fingerprint density at radius 2 is 2.25 bits per heavy atom. The van der Waals surface area contributed by atoms with Crippen molar-refractivity contribution in [2.75, 3.05) is 6.54 Å². The van der Waals surface area contributed by atoms with Crippen LogP contribution in [-0.2, 0) is 9.59 Å². The van der Waals surface area contributed by atoms with Crippen molar-refractivity contribution in [3.63, 3.8) is 0 Å². The highest BCUT2D eigenvalue weighted by Gasteiger charge is 2.35. The van der Waals surface area contributed by atoms with Crippen LogP contribution in [0.15, 0.2) is 0 Å². The third-order valence-corrected chi connectivity index (χ3v) is 3.13. The third kappa shape index (κ3) is 2.95. The van der Waals surface area contributed by atoms with Crippen LogP contribution < -0.4 is 11.5 Å². The minimum absolute atomic E-state index is 0.0454. The van der Waals surface area contributed by atoms with Crippen molar-refractivity contribution in [1.29, 1.82) is 0 Å². The van der Waals surface area contributed by atoms with E-state index >= 15 is 0 Å². The number of unbranched alkanes of at least 4 members (excludes halogenated alkanes) is 1. The van der Waals surface area contributed by atoms with E-state index in [0.29, 0.717) is 19.4 Å². The summed E-state index contributed by atoms with van der Waals surface area (Å²) in [6.07, 6.45) is 3.67. The van der Waals surface area contributed by atoms with Crippen LogP contribution in [0, 0.1) is 0 Å². The quantitative estimate of drug-likeness (QED) is 0.625. The first-order valence-electron chi connectivity index (χ1n) is 5.88. The lowest BCUT2D eigenvalue weighted by molar-refractivity contribution is -0.137. The Labute approximate surface area is 96.1 Å². The van der Waals surface area contributed by atoms with Crippen molar-refractivity contribution in [3.8, 4) is 0 Å². The van der Waals surface area contributed by atoms with Gasteiger partial charge in [-0.3, -0.25) is 9.59 Å². The lowest BCUT2D eigenvalue weighted by Crippen LogP contribution is -2.48. The SMILES string of the molecule is CC1CCC(=O)N1[C@@H](CCCCN)C(N)=O. The molecule has 1 aliphatic rings. The lowest BCUT2D eigenvalue weighted by atomic mass is 10.1. The van der Waals surface area contributed by atoms with Gasteiger partial charge in [0.15, 0.2) is 0 Å². The van der Waals surface area contributed by atoms with Gasteiger partial charge in [-0.05, 0) is 39.2 Å². The van der Waals surface area contributed by atoms with Gasteiger partial charge in [-0.2, -0.15) is 0 Å². The van der Waals surface area contributed by atoms with Crippen LogP contribution in [0.25, 0.3) is 0 Å². The van der Waals surface area contributed by atoms with Crippen molar-refractivity contribution >= 4 is 11.8 Å². The number of hydrogen-bond donors (Lipinski definition) is 2. The van der Waals surface area contributed by atoms with Crippen molar-refractivity contribution in [3.05, 3.63) is 0 Å². The van der Waals surface area contributed by atoms with Crippen LogP contribution in [-0.4, -0.2) is 35.3 Å². The van der Waals surface area contributed by atoms with Crippen LogP contribution in [0.3, 0.4) is 0 Å². The number of carbonyl (C=O) groups excluding carboxylic acids is 2. The molecule has 5 nitrogen and oxygen atoms in total. The molecule has 0 aromatic heterocycles. The second kappa shape index (κ2) is 5.84. The van der Waals surface area contributed by atoms with Gasteiger partial charge >= 0.3 is 0 Å². The fourth-order valence-corrected chi connectivity index (χ4v) is 2.23. The highest BCUT2D eigenvalue weighted by Crippen LogP contribution is 2.23. The minimum atomic E-state index is -0.448. The summed E-state index contributed by atoms with van der Waals surface area (Å²) in [5.74, 6) is -0.358. The highest BCUT2D eigenvalue weighted by molar-refractivity contribution is 5.87. The molecule has 1 rings (SSSR count). The molecule has 0 aromatic carbocycles. The number of amides is 2. The molecule has 1 unspecified atom stereocenters. The molecule has 0 saturated carbocycles. The zero-order valence-corrected chi connectivity index (χ0v) is 9.82. The second-order valence-electron chi connectivity index (χ2n) is 4.39. The molecule has 16 heavy (non-hydrogen) atoms. The van der Waals surface area contributed by atoms with Gasteiger partial charge in [0.2, 0.25) is 11.8 Å². The van der Waals surface area contributed by atoms with Crippen LogP contribution >= 0.6 is 0 Å². The first-order valence-corrected chi connectivity index (χ1v) is 5.88. The smallest absolute Gasteiger partial charge is 0.240 e. The number of hydrogen-bond acceptors (Lipinski definition) is 3. The van der Waals surface area contributed by atoms with Crippen LogP contribution in [0.1, 0.15) is 39.0 Å². The van der Waals surface area contributed by atoms with Crippen LogP contribution in [0.5, 0.6) is 0 Å². The summed E-state index contributed by atoms with van der Waals surface area (Å²) in [7, 11) is 0. The molecule has 0 radical (unpaired) electrons. The van der Waals surface area contributed by atoms with Gasteiger partial charge in [0.25, 0.3) is 0 Å². The van der Waals surface area contributed by atoms with E-state index in [1.54, 1.807) is 4.90 Å². The third-order valence-electron chi connectivity index (χ3n) is 3.13. The Balaban J connectivity index is 2.61. The molecule has 1 saturated heterocycles. The highest BCUT2D eigenvalue weighted by atomic mass is 16.2. The number of nitrogens with zero attached hydrogens (tertiary/aromatic N) is 1. The number of likely N-dealkylation sites (tertiary alicyclic amines) is 1. The molecule has 1 heterocycles. The Kier molecular flexibility index (Phi) is 4.73. The second-order valence-corrected chi connectivity index (χ2v) is 4.39. The zero-order chi connectivity index (χ0) is 12.1. The summed E-state index contributed by atoms with van der Waals surface area (Å²) >= 11 is 0. The van der Waals surface area contributed by atoms with E-state index in [1.165, 1.54) is 0 Å². The van der Waals surface area contributed by atoms with E-state index in [0.717, 1.165) is 19.3 Å². The summed E-state index contributed by atoms with van der Waals surface area (Å²) in [6.45, 7) is 2.57. The Morgan fingerprint density at radius 1 is 1.56 bits per heavy atom. The molecule has 1 fully saturated rings. The number of primary amides is 1. The maximum Gasteiger partial charge on any atom is 0.240 e. The van der Waals surface area contributed by atoms with Gasteiger partial charge in [-0.15, -0.1) is 0 Å². The largest absolute Gasteiger partial charge is 0.368 e. The number of carbonyl (C=O) groups is 2. The Hall–Kier alpha value is -1.10. The molecule has 0 aromatic rings. The fraction of sp³-hybridized carbons (Fsp3) is 0.818. The van der Waals surface area contributed by atoms with Crippen molar-refractivity contribution < 1.29 is 9.59 Å². The summed E-state index contributed by atoms with van der Waals surface area (Å²) < 4.78 is 0. The van der Waals surface area contributed by atoms with Gasteiger partial charge in [-0.25, -0.2) is 0 Å². The lowest BCUT2D eigenvalue weighted by Gasteiger charge is -2.29.